The van der Waals surface area contributed by atoms with Gasteiger partial charge in [0, 0.05) is 34.9 Å². The van der Waals surface area contributed by atoms with Crippen molar-refractivity contribution in [2.75, 3.05) is 63.2 Å². The first kappa shape index (κ1) is 86.1. The minimum absolute atomic E-state index is 0.0131. The fourth-order valence-electron chi connectivity index (χ4n) is 15.5. The van der Waals surface area contributed by atoms with E-state index < -0.39 is 127 Å². The summed E-state index contributed by atoms with van der Waals surface area (Å²) in [6.07, 6.45) is 1.43. The standard InChI is InChI=1S/C32H30N8O7.C27H28N8O7.C27H26N6O7/c33-19-11-12-22(21(14-19)30(41)39-43)44-15-23-26-27(47-24(46-26)13-18-7-3-1-4-8-18)31(45-23)40-17-36-25-28(34-16-35-29(25)40)38-32(42)37-20-9-5-2-6-10-20;1-27(2)41-20-18(11-39-17-9-8-14(28)10-16(17)24(36)34-38)40-25(21(20)42-27)35-13-31-19-22(29-12-30-23(19)35)33-26(37)32-15-6-4-3-5-7-15;1-27(2)39-20-18(12-37-17-10-8-15(9-11-17)25(34)35)38-24(21(20)40-27)33-14-30-19-22(28-13-29-23(19)33)32-26(36)31-16-6-4-3-5-7-16/h1-12,14,16-17,23-24,26-27,31,43H,13,15,33H2,(H,39,41)(H2,34,35,37,38,42);3-10,12-13,18,20-21,25,38H,11,28H2,1-2H3,(H,34,36)(H2,29,30,32,33,37);3-11,13-14,18,20-21,24H,12H2,1-2H3,(H,34,35)(H2,28,29,31,32,36). The summed E-state index contributed by atoms with van der Waals surface area (Å²) in [7, 11) is 0. The van der Waals surface area contributed by atoms with Crippen molar-refractivity contribution in [2.45, 2.75) is 126 Å². The van der Waals surface area contributed by atoms with Crippen LogP contribution in [0, 0.1) is 0 Å². The third-order valence-corrected chi connectivity index (χ3v) is 21.1. The Kier molecular flexibility index (Phi) is 24.9. The zero-order chi connectivity index (χ0) is 89.6. The van der Waals surface area contributed by atoms with E-state index in [0.717, 1.165) is 5.56 Å². The number of fused-ring (bicyclic) bond motifs is 6. The lowest BCUT2D eigenvalue weighted by molar-refractivity contribution is -0.199. The van der Waals surface area contributed by atoms with E-state index in [1.165, 1.54) is 61.7 Å². The number of hydroxylamine groups is 2. The number of hydrogen-bond acceptors (Lipinski definition) is 31. The smallest absolute Gasteiger partial charge is 0.335 e. The highest BCUT2D eigenvalue weighted by Crippen LogP contribution is 2.48. The number of nitrogens with one attached hydrogen (secondary N) is 8. The average Bonchev–Trinajstić information content (AvgIpc) is 1.59. The molecular formula is C86H84N22O21. The number of anilines is 8. The van der Waals surface area contributed by atoms with Gasteiger partial charge in [0.05, 0.1) is 35.7 Å². The van der Waals surface area contributed by atoms with Gasteiger partial charge in [-0.2, -0.15) is 0 Å². The number of aromatic carboxylic acids is 1. The Morgan fingerprint density at radius 1 is 0.403 bits per heavy atom. The number of benzene rings is 7. The van der Waals surface area contributed by atoms with Crippen molar-refractivity contribution < 1.29 is 101 Å². The number of hydrogen-bond donors (Lipinski definition) is 13. The highest BCUT2D eigenvalue weighted by molar-refractivity contribution is 6.05. The molecular weight excluding hydrogens is 1680 g/mol. The van der Waals surface area contributed by atoms with Crippen LogP contribution >= 0.6 is 0 Å². The molecule has 0 saturated carbocycles. The number of carbonyl (C=O) groups excluding carboxylic acids is 5. The Hall–Kier alpha value is -15.0. The fraction of sp³-hybridized carbons (Fsp3) is 0.267. The van der Waals surface area contributed by atoms with Crippen LogP contribution in [0.1, 0.15) is 83.0 Å². The molecule has 43 nitrogen and oxygen atoms in total. The molecule has 43 heteroatoms. The summed E-state index contributed by atoms with van der Waals surface area (Å²) in [4.78, 5) is 113. The number of aromatic nitrogens is 12. The molecule has 19 rings (SSSR count). The molecule has 15 N–H and O–H groups in total. The molecule has 0 aliphatic carbocycles. The van der Waals surface area contributed by atoms with Gasteiger partial charge in [-0.25, -0.2) is 75.0 Å². The Morgan fingerprint density at radius 2 is 0.760 bits per heavy atom. The maximum Gasteiger partial charge on any atom is 0.335 e. The van der Waals surface area contributed by atoms with Crippen molar-refractivity contribution >= 4 is 115 Å². The van der Waals surface area contributed by atoms with Crippen molar-refractivity contribution in [1.29, 1.82) is 0 Å². The van der Waals surface area contributed by atoms with Gasteiger partial charge in [-0.15, -0.1) is 0 Å². The van der Waals surface area contributed by atoms with Gasteiger partial charge in [0.25, 0.3) is 11.8 Å². The Labute approximate surface area is 730 Å². The summed E-state index contributed by atoms with van der Waals surface area (Å²) in [5.41, 5.74) is 21.0. The summed E-state index contributed by atoms with van der Waals surface area (Å²) in [6.45, 7) is 7.34. The Bertz CT molecular complexity index is 6250. The summed E-state index contributed by atoms with van der Waals surface area (Å²) in [6, 6.07) is 50.5. The fourth-order valence-corrected chi connectivity index (χ4v) is 15.5. The van der Waals surface area contributed by atoms with Crippen LogP contribution in [-0.4, -0.2) is 203 Å². The van der Waals surface area contributed by atoms with E-state index in [1.807, 2.05) is 98.8 Å². The second-order valence-corrected chi connectivity index (χ2v) is 30.8. The predicted octanol–water partition coefficient (Wildman–Crippen LogP) is 9.83. The van der Waals surface area contributed by atoms with Gasteiger partial charge in [0.1, 0.15) is 111 Å². The van der Waals surface area contributed by atoms with Gasteiger partial charge in [-0.3, -0.25) is 49.7 Å². The molecule has 0 bridgehead atoms. The summed E-state index contributed by atoms with van der Waals surface area (Å²) in [5, 5.41) is 43.9. The Morgan fingerprint density at radius 3 is 1.15 bits per heavy atom. The lowest BCUT2D eigenvalue weighted by atomic mass is 10.1. The van der Waals surface area contributed by atoms with Crippen molar-refractivity contribution in [3.05, 3.63) is 242 Å². The lowest BCUT2D eigenvalue weighted by Crippen LogP contribution is -2.34. The molecule has 13 aromatic rings. The summed E-state index contributed by atoms with van der Waals surface area (Å²) >= 11 is 0. The summed E-state index contributed by atoms with van der Waals surface area (Å²) in [5.74, 6) is -2.78. The monoisotopic (exact) mass is 1760 g/mol. The molecule has 129 heavy (non-hydrogen) atoms. The first-order chi connectivity index (χ1) is 62.5. The second-order valence-electron chi connectivity index (χ2n) is 30.8. The van der Waals surface area contributed by atoms with Gasteiger partial charge < -0.3 is 89.4 Å². The third-order valence-electron chi connectivity index (χ3n) is 21.1. The number of nitrogens with two attached hydrogens (primary N) is 2. The van der Waals surface area contributed by atoms with Crippen LogP contribution in [0.4, 0.5) is 60.3 Å². The number of nitrogen functional groups attached to an aromatic ring is 2. The molecule has 6 aliphatic rings. The van der Waals surface area contributed by atoms with Crippen molar-refractivity contribution in [3.63, 3.8) is 0 Å². The van der Waals surface area contributed by atoms with Crippen molar-refractivity contribution in [2.24, 2.45) is 0 Å². The van der Waals surface area contributed by atoms with E-state index in [0.29, 0.717) is 74.1 Å². The van der Waals surface area contributed by atoms with E-state index in [9.17, 15) is 34.0 Å². The zero-order valence-electron chi connectivity index (χ0n) is 68.8. The van der Waals surface area contributed by atoms with Crippen LogP contribution < -0.4 is 68.5 Å². The number of urea groups is 3. The van der Waals surface area contributed by atoms with Gasteiger partial charge in [-0.05, 0) is 130 Å². The number of rotatable bonds is 23. The van der Waals surface area contributed by atoms with Crippen molar-refractivity contribution in [3.8, 4) is 17.2 Å². The van der Waals surface area contributed by atoms with Crippen LogP contribution in [0.5, 0.6) is 17.2 Å². The van der Waals surface area contributed by atoms with E-state index in [4.69, 9.17) is 78.6 Å². The van der Waals surface area contributed by atoms with Crippen LogP contribution in [-0.2, 0) is 49.1 Å². The molecule has 6 aromatic heterocycles. The number of carboxylic acids is 1. The summed E-state index contributed by atoms with van der Waals surface area (Å²) < 4.78 is 79.7. The molecule has 0 spiro atoms. The maximum atomic E-state index is 12.7. The number of nitrogens with zero attached hydrogens (tertiary/aromatic N) is 12. The maximum absolute atomic E-state index is 12.7. The molecule has 13 atom stereocenters. The highest BCUT2D eigenvalue weighted by Gasteiger charge is 2.59. The molecule has 12 heterocycles. The minimum Gasteiger partial charge on any atom is -0.491 e. The van der Waals surface area contributed by atoms with E-state index >= 15 is 0 Å². The molecule has 6 fully saturated rings. The van der Waals surface area contributed by atoms with Crippen LogP contribution in [0.2, 0.25) is 0 Å². The number of carbonyl (C=O) groups is 6. The van der Waals surface area contributed by atoms with E-state index in [-0.39, 0.29) is 65.5 Å². The first-order valence-electron chi connectivity index (χ1n) is 40.3. The van der Waals surface area contributed by atoms with Crippen LogP contribution in [0.15, 0.2) is 220 Å². The molecule has 13 unspecified atom stereocenters. The number of para-hydroxylation sites is 3. The third kappa shape index (κ3) is 19.2. The van der Waals surface area contributed by atoms with E-state index in [1.54, 1.807) is 112 Å². The van der Waals surface area contributed by atoms with Crippen LogP contribution in [0.25, 0.3) is 33.5 Å². The number of imidazole rings is 3. The van der Waals surface area contributed by atoms with Gasteiger partial charge in [0.2, 0.25) is 0 Å². The van der Waals surface area contributed by atoms with Crippen LogP contribution in [0.3, 0.4) is 0 Å². The average molecular weight is 1760 g/mol. The lowest BCUT2D eigenvalue weighted by Gasteiger charge is -2.25. The SMILES string of the molecule is CC1(C)OC2C(COc3ccc(C(=O)O)cc3)OC(n3cnc4c(NC(=O)Nc5ccccc5)ncnc43)C2O1.CC1(C)OC2C(COc3ccc(N)cc3C(=O)NO)OC(n3cnc4c(NC(=O)Nc5ccccc5)ncnc43)C2O1.Nc1ccc(OCC2OC(n3cnc4c(NC(=O)Nc5ccccc5)ncnc43)C3OC(Cc4ccccc4)OC23)c(C(=O)NO)c1. The first-order valence-corrected chi connectivity index (χ1v) is 40.3. The van der Waals surface area contributed by atoms with E-state index in [2.05, 4.69) is 76.8 Å². The minimum atomic E-state index is -1.01. The molecule has 6 aliphatic heterocycles. The molecule has 0 radical (unpaired) electrons. The topological polar surface area (TPSA) is 553 Å². The second kappa shape index (κ2) is 37.3. The quantitative estimate of drug-likeness (QED) is 0.0161. The predicted molar refractivity (Wildman–Crippen MR) is 456 cm³/mol. The molecule has 664 valence electrons. The largest absolute Gasteiger partial charge is 0.491 e. The van der Waals surface area contributed by atoms with Gasteiger partial charge in [-0.1, -0.05) is 84.9 Å². The Balaban J connectivity index is 0.000000136. The molecule has 6 saturated heterocycles. The van der Waals surface area contributed by atoms with Gasteiger partial charge in [0.15, 0.2) is 87.5 Å². The van der Waals surface area contributed by atoms with Crippen molar-refractivity contribution in [1.82, 2.24) is 69.5 Å². The zero-order valence-corrected chi connectivity index (χ0v) is 68.8. The molecule has 7 aromatic carbocycles. The number of carboxylic acid groups (broad SMARTS) is 1. The molecule has 8 amide bonds. The number of ether oxygens (including phenoxy) is 12. The number of amides is 8. The normalized spacial score (nSPS) is 22.4. The highest BCUT2D eigenvalue weighted by atomic mass is 16.8. The van der Waals surface area contributed by atoms with Gasteiger partial charge >= 0.3 is 24.1 Å².